The van der Waals surface area contributed by atoms with E-state index in [1.807, 2.05) is 0 Å². The van der Waals surface area contributed by atoms with Crippen molar-refractivity contribution in [1.82, 2.24) is 0 Å². The third-order valence-electron chi connectivity index (χ3n) is 5.89. The average Bonchev–Trinajstić information content (AvgIpc) is 3.10. The second kappa shape index (κ2) is 6.10. The molecule has 0 aromatic carbocycles. The zero-order valence-electron chi connectivity index (χ0n) is 13.8. The molecule has 23 heavy (non-hydrogen) atoms. The summed E-state index contributed by atoms with van der Waals surface area (Å²) in [6.07, 6.45) is 7.28. The summed E-state index contributed by atoms with van der Waals surface area (Å²) in [7, 11) is 2.59. The topological polar surface area (TPSA) is 69.7 Å². The van der Waals surface area contributed by atoms with Gasteiger partial charge in [0.2, 0.25) is 0 Å². The zero-order chi connectivity index (χ0) is 16.6. The van der Waals surface area contributed by atoms with Crippen molar-refractivity contribution in [1.29, 1.82) is 0 Å². The van der Waals surface area contributed by atoms with E-state index in [-0.39, 0.29) is 17.6 Å². The molecular weight excluding hydrogens is 296 g/mol. The lowest BCUT2D eigenvalue weighted by atomic mass is 9.82. The van der Waals surface area contributed by atoms with Gasteiger partial charge < -0.3 is 9.47 Å². The van der Waals surface area contributed by atoms with Crippen LogP contribution >= 0.6 is 0 Å². The lowest BCUT2D eigenvalue weighted by molar-refractivity contribution is -0.169. The van der Waals surface area contributed by atoms with Gasteiger partial charge in [-0.1, -0.05) is 11.6 Å². The van der Waals surface area contributed by atoms with Crippen molar-refractivity contribution in [3.63, 3.8) is 0 Å². The average molecular weight is 320 g/mol. The minimum atomic E-state index is -1.26. The summed E-state index contributed by atoms with van der Waals surface area (Å²) < 4.78 is 9.79. The van der Waals surface area contributed by atoms with Crippen LogP contribution in [0.25, 0.3) is 0 Å². The van der Waals surface area contributed by atoms with E-state index < -0.39 is 17.4 Å². The number of hydrogen-bond donors (Lipinski definition) is 0. The molecule has 126 valence electrons. The highest BCUT2D eigenvalue weighted by Crippen LogP contribution is 2.52. The van der Waals surface area contributed by atoms with Crippen LogP contribution in [0, 0.1) is 23.2 Å². The second-order valence-corrected chi connectivity index (χ2v) is 7.18. The van der Waals surface area contributed by atoms with Crippen LogP contribution in [0.3, 0.4) is 0 Å². The number of ketones is 1. The smallest absolute Gasteiger partial charge is 0.323 e. The number of esters is 2. The van der Waals surface area contributed by atoms with Gasteiger partial charge in [-0.3, -0.25) is 14.4 Å². The van der Waals surface area contributed by atoms with Gasteiger partial charge in [0.1, 0.15) is 5.78 Å². The van der Waals surface area contributed by atoms with E-state index in [1.165, 1.54) is 19.8 Å². The van der Waals surface area contributed by atoms with Gasteiger partial charge in [-0.25, -0.2) is 0 Å². The third kappa shape index (κ3) is 2.70. The predicted molar refractivity (Wildman–Crippen MR) is 82.3 cm³/mol. The molecule has 1 unspecified atom stereocenters. The van der Waals surface area contributed by atoms with Gasteiger partial charge in [0.05, 0.1) is 14.2 Å². The molecule has 0 amide bonds. The normalized spacial score (nSPS) is 34.4. The number of carbonyl (C=O) groups excluding carboxylic acids is 3. The Labute approximate surface area is 136 Å². The molecule has 5 nitrogen and oxygen atoms in total. The van der Waals surface area contributed by atoms with E-state index in [4.69, 9.17) is 9.47 Å². The molecule has 0 aliphatic heterocycles. The molecule has 2 fully saturated rings. The minimum Gasteiger partial charge on any atom is -0.468 e. The van der Waals surface area contributed by atoms with Crippen molar-refractivity contribution in [2.45, 2.75) is 44.9 Å². The molecule has 3 atom stereocenters. The Morgan fingerprint density at radius 1 is 1.13 bits per heavy atom. The van der Waals surface area contributed by atoms with E-state index in [9.17, 15) is 14.4 Å². The number of allylic oxidation sites excluding steroid dienone is 2. The Morgan fingerprint density at radius 3 is 2.48 bits per heavy atom. The fourth-order valence-corrected chi connectivity index (χ4v) is 4.80. The summed E-state index contributed by atoms with van der Waals surface area (Å²) in [5, 5.41) is 0. The number of methoxy groups -OCH3 is 2. The van der Waals surface area contributed by atoms with Crippen LogP contribution in [-0.2, 0) is 23.9 Å². The van der Waals surface area contributed by atoms with Crippen molar-refractivity contribution in [2.75, 3.05) is 14.2 Å². The molecule has 5 heteroatoms. The van der Waals surface area contributed by atoms with Crippen molar-refractivity contribution < 1.29 is 23.9 Å². The molecule has 2 saturated carbocycles. The van der Waals surface area contributed by atoms with E-state index in [0.29, 0.717) is 31.6 Å². The number of Topliss-reactive ketones (excluding diaryl/α,β-unsaturated/α-hetero) is 1. The Kier molecular flexibility index (Phi) is 4.30. The highest BCUT2D eigenvalue weighted by Gasteiger charge is 2.57. The van der Waals surface area contributed by atoms with Gasteiger partial charge in [0.15, 0.2) is 5.41 Å². The summed E-state index contributed by atoms with van der Waals surface area (Å²) in [6.45, 7) is 0. The molecule has 3 rings (SSSR count). The van der Waals surface area contributed by atoms with Crippen LogP contribution in [-0.4, -0.2) is 31.9 Å². The van der Waals surface area contributed by atoms with Crippen LogP contribution in [0.5, 0.6) is 0 Å². The molecule has 3 aliphatic carbocycles. The summed E-state index contributed by atoms with van der Waals surface area (Å²) in [6, 6.07) is 0. The Balaban J connectivity index is 1.95. The standard InChI is InChI=1S/C18H24O5/c1-22-16(20)18(17(21)23-2)9-13-6-11-4-3-5-12(11)7-15(19)8-14(13)10-18/h6,12-14H,3-5,7-10H2,1-2H3/b11-6-/t12-,13+,14?/m0/s1. The lowest BCUT2D eigenvalue weighted by Crippen LogP contribution is -2.39. The minimum absolute atomic E-state index is 0.0229. The molecule has 0 spiro atoms. The van der Waals surface area contributed by atoms with Gasteiger partial charge in [0.25, 0.3) is 0 Å². The summed E-state index contributed by atoms with van der Waals surface area (Å²) in [5.41, 5.74) is 0.0906. The maximum atomic E-state index is 12.4. The first-order chi connectivity index (χ1) is 11.0. The first kappa shape index (κ1) is 16.2. The van der Waals surface area contributed by atoms with Crippen LogP contribution in [0.4, 0.5) is 0 Å². The van der Waals surface area contributed by atoms with Crippen LogP contribution in [0.15, 0.2) is 11.6 Å². The summed E-state index contributed by atoms with van der Waals surface area (Å²) >= 11 is 0. The van der Waals surface area contributed by atoms with E-state index in [2.05, 4.69) is 6.08 Å². The van der Waals surface area contributed by atoms with Gasteiger partial charge >= 0.3 is 11.9 Å². The summed E-state index contributed by atoms with van der Waals surface area (Å²) in [4.78, 5) is 37.0. The number of carbonyl (C=O) groups is 3. The number of fused-ring (bicyclic) bond motifs is 2. The van der Waals surface area contributed by atoms with E-state index >= 15 is 0 Å². The highest BCUT2D eigenvalue weighted by molar-refractivity contribution is 6.00. The highest BCUT2D eigenvalue weighted by atomic mass is 16.5. The first-order valence-electron chi connectivity index (χ1n) is 8.39. The molecule has 0 radical (unpaired) electrons. The molecule has 0 aromatic rings. The van der Waals surface area contributed by atoms with E-state index in [1.54, 1.807) is 0 Å². The number of rotatable bonds is 2. The van der Waals surface area contributed by atoms with Crippen LogP contribution < -0.4 is 0 Å². The van der Waals surface area contributed by atoms with Gasteiger partial charge in [-0.05, 0) is 49.9 Å². The zero-order valence-corrected chi connectivity index (χ0v) is 13.8. The fraction of sp³-hybridized carbons (Fsp3) is 0.722. The van der Waals surface area contributed by atoms with Crippen molar-refractivity contribution in [3.8, 4) is 0 Å². The SMILES string of the molecule is COC(=O)C1(C(=O)OC)CC2CC(=O)C[C@@H]3CCC/C3=C/[C@@H]2C1. The van der Waals surface area contributed by atoms with Crippen LogP contribution in [0.1, 0.15) is 44.9 Å². The third-order valence-corrected chi connectivity index (χ3v) is 5.89. The van der Waals surface area contributed by atoms with Gasteiger partial charge in [-0.2, -0.15) is 0 Å². The molecule has 3 aliphatic rings. The summed E-state index contributed by atoms with van der Waals surface area (Å²) in [5.74, 6) is -0.352. The Bertz CT molecular complexity index is 546. The predicted octanol–water partition coefficient (Wildman–Crippen LogP) is 2.43. The Hall–Kier alpha value is -1.65. The lowest BCUT2D eigenvalue weighted by Gasteiger charge is -2.23. The van der Waals surface area contributed by atoms with Gasteiger partial charge in [0, 0.05) is 12.8 Å². The van der Waals surface area contributed by atoms with Gasteiger partial charge in [-0.15, -0.1) is 0 Å². The number of hydrogen-bond acceptors (Lipinski definition) is 5. The molecule has 0 saturated heterocycles. The van der Waals surface area contributed by atoms with Crippen molar-refractivity contribution in [3.05, 3.63) is 11.6 Å². The maximum absolute atomic E-state index is 12.4. The molecule has 0 bridgehead atoms. The largest absolute Gasteiger partial charge is 0.468 e. The molecule has 0 N–H and O–H groups in total. The first-order valence-corrected chi connectivity index (χ1v) is 8.39. The monoisotopic (exact) mass is 320 g/mol. The molecule has 0 aromatic heterocycles. The number of ether oxygens (including phenoxy) is 2. The second-order valence-electron chi connectivity index (χ2n) is 7.18. The van der Waals surface area contributed by atoms with Crippen molar-refractivity contribution >= 4 is 17.7 Å². The van der Waals surface area contributed by atoms with E-state index in [0.717, 1.165) is 19.3 Å². The maximum Gasteiger partial charge on any atom is 0.323 e. The molecular formula is C18H24O5. The van der Waals surface area contributed by atoms with Crippen LogP contribution in [0.2, 0.25) is 0 Å². The fourth-order valence-electron chi connectivity index (χ4n) is 4.80. The Morgan fingerprint density at radius 2 is 1.83 bits per heavy atom. The van der Waals surface area contributed by atoms with Crippen molar-refractivity contribution in [2.24, 2.45) is 23.2 Å². The molecule has 0 heterocycles. The quantitative estimate of drug-likeness (QED) is 0.444.